The van der Waals surface area contributed by atoms with Crippen LogP contribution in [0.5, 0.6) is 11.5 Å². The number of carboxylic acids is 2. The standard InChI is InChI=1S/C33H45N3O9S/c1-3-4-6-11-24(18-23(37)14-12-22-13-15-28(38)29(17-22)45-2)46-20-27(35-30(39)19-25(34)32(41)42)31(40)36-26(33(43)44)16-21-9-7-5-8-10-21/h5,7-10,13,15,17,24-27,38H,3-4,6,11-12,14,16,18-20,34H2,1-2H3,(H,35,39)(H,36,40)(H,41,42)(H,43,44). The molecule has 0 saturated carbocycles. The molecule has 12 nitrogen and oxygen atoms in total. The highest BCUT2D eigenvalue weighted by atomic mass is 32.2. The summed E-state index contributed by atoms with van der Waals surface area (Å²) >= 11 is 1.33. The van der Waals surface area contributed by atoms with Crippen LogP contribution in [0.4, 0.5) is 0 Å². The normalized spacial score (nSPS) is 13.5. The topological polar surface area (TPSA) is 205 Å². The number of nitrogens with two attached hydrogens (primary N) is 1. The summed E-state index contributed by atoms with van der Waals surface area (Å²) < 4.78 is 5.14. The number of unbranched alkanes of at least 4 members (excludes halogenated alkanes) is 2. The number of methoxy groups -OCH3 is 1. The van der Waals surface area contributed by atoms with Gasteiger partial charge in [0.15, 0.2) is 11.5 Å². The maximum atomic E-state index is 13.4. The third-order valence-electron chi connectivity index (χ3n) is 7.29. The molecule has 46 heavy (non-hydrogen) atoms. The zero-order valence-corrected chi connectivity index (χ0v) is 27.1. The molecule has 2 rings (SSSR count). The molecule has 7 N–H and O–H groups in total. The van der Waals surface area contributed by atoms with Crippen LogP contribution in [0.1, 0.15) is 63.0 Å². The summed E-state index contributed by atoms with van der Waals surface area (Å²) in [5.41, 5.74) is 7.04. The summed E-state index contributed by atoms with van der Waals surface area (Å²) in [4.78, 5) is 62.3. The largest absolute Gasteiger partial charge is 0.504 e. The third-order valence-corrected chi connectivity index (χ3v) is 8.69. The summed E-state index contributed by atoms with van der Waals surface area (Å²) in [6, 6.07) is 9.73. The Morgan fingerprint density at radius 1 is 0.913 bits per heavy atom. The number of carboxylic acid groups (broad SMARTS) is 2. The first-order valence-electron chi connectivity index (χ1n) is 15.3. The van der Waals surface area contributed by atoms with E-state index in [-0.39, 0.29) is 41.8 Å². The number of aliphatic carboxylic acids is 2. The van der Waals surface area contributed by atoms with Gasteiger partial charge in [-0.15, -0.1) is 0 Å². The van der Waals surface area contributed by atoms with Gasteiger partial charge >= 0.3 is 11.9 Å². The maximum absolute atomic E-state index is 13.4. The molecular formula is C33H45N3O9S. The van der Waals surface area contributed by atoms with Gasteiger partial charge in [-0.2, -0.15) is 11.8 Å². The molecule has 252 valence electrons. The van der Waals surface area contributed by atoms with E-state index < -0.39 is 48.3 Å². The van der Waals surface area contributed by atoms with Crippen LogP contribution in [-0.2, 0) is 36.8 Å². The second-order valence-corrected chi connectivity index (χ2v) is 12.4. The van der Waals surface area contributed by atoms with E-state index in [4.69, 9.17) is 15.6 Å². The fraction of sp³-hybridized carbons (Fsp3) is 0.485. The van der Waals surface area contributed by atoms with Crippen LogP contribution in [0.15, 0.2) is 48.5 Å². The highest BCUT2D eigenvalue weighted by Crippen LogP contribution is 2.28. The van der Waals surface area contributed by atoms with Gasteiger partial charge in [-0.1, -0.05) is 62.6 Å². The second-order valence-electron chi connectivity index (χ2n) is 11.1. The molecule has 2 amide bonds. The van der Waals surface area contributed by atoms with E-state index >= 15 is 0 Å². The molecule has 0 aliphatic carbocycles. The van der Waals surface area contributed by atoms with Gasteiger partial charge in [-0.05, 0) is 36.1 Å². The van der Waals surface area contributed by atoms with Gasteiger partial charge in [0.25, 0.3) is 0 Å². The summed E-state index contributed by atoms with van der Waals surface area (Å²) in [5, 5.41) is 33.6. The first kappa shape index (κ1) is 38.1. The number of hydrogen-bond acceptors (Lipinski definition) is 9. The number of ketones is 1. The minimum Gasteiger partial charge on any atom is -0.504 e. The number of carbonyl (C=O) groups is 5. The monoisotopic (exact) mass is 659 g/mol. The van der Waals surface area contributed by atoms with Crippen molar-refractivity contribution in [1.29, 1.82) is 0 Å². The van der Waals surface area contributed by atoms with Crippen molar-refractivity contribution < 1.29 is 44.0 Å². The minimum atomic E-state index is -1.48. The lowest BCUT2D eigenvalue weighted by molar-refractivity contribution is -0.142. The lowest BCUT2D eigenvalue weighted by Gasteiger charge is -2.24. The molecule has 2 aromatic carbocycles. The molecule has 0 radical (unpaired) electrons. The summed E-state index contributed by atoms with van der Waals surface area (Å²) in [6.45, 7) is 2.06. The molecule has 0 aromatic heterocycles. The van der Waals surface area contributed by atoms with Gasteiger partial charge in [0, 0.05) is 30.3 Å². The number of phenolic OH excluding ortho intramolecular Hbond substituents is 1. The predicted molar refractivity (Wildman–Crippen MR) is 175 cm³/mol. The van der Waals surface area contributed by atoms with E-state index in [0.717, 1.165) is 24.8 Å². The quantitative estimate of drug-likeness (QED) is 0.101. The van der Waals surface area contributed by atoms with Crippen molar-refractivity contribution in [3.8, 4) is 11.5 Å². The molecule has 4 unspecified atom stereocenters. The number of amides is 2. The van der Waals surface area contributed by atoms with Crippen LogP contribution in [-0.4, -0.2) is 81.1 Å². The molecule has 0 bridgehead atoms. The van der Waals surface area contributed by atoms with Crippen LogP contribution in [0, 0.1) is 0 Å². The number of carbonyl (C=O) groups excluding carboxylic acids is 3. The molecule has 0 fully saturated rings. The van der Waals surface area contributed by atoms with Gasteiger partial charge in [0.05, 0.1) is 13.5 Å². The van der Waals surface area contributed by atoms with Crippen LogP contribution in [0.2, 0.25) is 0 Å². The number of ether oxygens (including phenoxy) is 1. The van der Waals surface area contributed by atoms with Crippen LogP contribution in [0.3, 0.4) is 0 Å². The fourth-order valence-electron chi connectivity index (χ4n) is 4.66. The average Bonchev–Trinajstić information content (AvgIpc) is 3.02. The Morgan fingerprint density at radius 3 is 2.26 bits per heavy atom. The van der Waals surface area contributed by atoms with E-state index in [9.17, 15) is 34.2 Å². The Hall–Kier alpha value is -4.10. The number of Topliss-reactive ketones (excluding diaryl/α,β-unsaturated/α-hetero) is 1. The summed E-state index contributed by atoms with van der Waals surface area (Å²) in [6.07, 6.45) is 3.83. The number of nitrogens with one attached hydrogen (secondary N) is 2. The number of hydrogen-bond donors (Lipinski definition) is 6. The van der Waals surface area contributed by atoms with Crippen LogP contribution >= 0.6 is 11.8 Å². The van der Waals surface area contributed by atoms with Gasteiger partial charge in [0.1, 0.15) is 23.9 Å². The smallest absolute Gasteiger partial charge is 0.326 e. The van der Waals surface area contributed by atoms with Crippen molar-refractivity contribution >= 4 is 41.3 Å². The van der Waals surface area contributed by atoms with E-state index in [1.165, 1.54) is 24.9 Å². The Kier molecular flexibility index (Phi) is 16.7. The molecule has 0 aliphatic heterocycles. The highest BCUT2D eigenvalue weighted by Gasteiger charge is 2.29. The number of thioether (sulfide) groups is 1. The van der Waals surface area contributed by atoms with E-state index in [1.807, 2.05) is 0 Å². The maximum Gasteiger partial charge on any atom is 0.326 e. The zero-order chi connectivity index (χ0) is 34.1. The number of benzene rings is 2. The first-order valence-corrected chi connectivity index (χ1v) is 16.3. The van der Waals surface area contributed by atoms with Crippen molar-refractivity contribution in [2.75, 3.05) is 12.9 Å². The number of rotatable bonds is 22. The molecule has 0 saturated heterocycles. The lowest BCUT2D eigenvalue weighted by Crippen LogP contribution is -2.54. The van der Waals surface area contributed by atoms with Crippen molar-refractivity contribution in [3.05, 3.63) is 59.7 Å². The minimum absolute atomic E-state index is 0.00677. The average molecular weight is 660 g/mol. The summed E-state index contributed by atoms with van der Waals surface area (Å²) in [5.74, 6) is -3.78. The number of aryl methyl sites for hydroxylation is 1. The predicted octanol–water partition coefficient (Wildman–Crippen LogP) is 3.07. The molecule has 0 spiro atoms. The van der Waals surface area contributed by atoms with Gasteiger partial charge in [0.2, 0.25) is 11.8 Å². The van der Waals surface area contributed by atoms with Crippen molar-refractivity contribution in [1.82, 2.24) is 10.6 Å². The Morgan fingerprint density at radius 2 is 1.63 bits per heavy atom. The van der Waals surface area contributed by atoms with Crippen molar-refractivity contribution in [2.45, 2.75) is 88.1 Å². The lowest BCUT2D eigenvalue weighted by atomic mass is 10.0. The van der Waals surface area contributed by atoms with E-state index in [1.54, 1.807) is 42.5 Å². The van der Waals surface area contributed by atoms with Crippen molar-refractivity contribution in [3.63, 3.8) is 0 Å². The fourth-order valence-corrected chi connectivity index (χ4v) is 6.00. The van der Waals surface area contributed by atoms with Crippen molar-refractivity contribution in [2.24, 2.45) is 5.73 Å². The van der Waals surface area contributed by atoms with Crippen LogP contribution < -0.4 is 21.1 Å². The van der Waals surface area contributed by atoms with Gasteiger partial charge < -0.3 is 36.4 Å². The SMILES string of the molecule is CCCCCC(CC(=O)CCc1ccc(O)c(OC)c1)SCC(NC(=O)CC(N)C(=O)O)C(=O)NC(Cc1ccccc1)C(=O)O. The molecule has 0 heterocycles. The molecular weight excluding hydrogens is 614 g/mol. The number of phenols is 1. The Bertz CT molecular complexity index is 1310. The zero-order valence-electron chi connectivity index (χ0n) is 26.3. The van der Waals surface area contributed by atoms with E-state index in [0.29, 0.717) is 24.2 Å². The molecule has 0 aliphatic rings. The van der Waals surface area contributed by atoms with Gasteiger partial charge in [-0.25, -0.2) is 4.79 Å². The van der Waals surface area contributed by atoms with E-state index in [2.05, 4.69) is 17.6 Å². The molecule has 13 heteroatoms. The Balaban J connectivity index is 2.15. The summed E-state index contributed by atoms with van der Waals surface area (Å²) in [7, 11) is 1.45. The number of aromatic hydroxyl groups is 1. The third kappa shape index (κ3) is 13.9. The first-order chi connectivity index (χ1) is 21.9. The Labute approximate surface area is 273 Å². The highest BCUT2D eigenvalue weighted by molar-refractivity contribution is 8.00. The van der Waals surface area contributed by atoms with Gasteiger partial charge in [-0.3, -0.25) is 19.2 Å². The second kappa shape index (κ2) is 20.1. The molecule has 2 aromatic rings. The van der Waals surface area contributed by atoms with Crippen LogP contribution in [0.25, 0.3) is 0 Å². The molecule has 4 atom stereocenters.